The Hall–Kier alpha value is -2.01. The molecular weight excluding hydrogens is 258 g/mol. The minimum absolute atomic E-state index is 0.153. The molecule has 0 fully saturated rings. The van der Waals surface area contributed by atoms with Gasteiger partial charge in [0.15, 0.2) is 0 Å². The first kappa shape index (κ1) is 13.4. The summed E-state index contributed by atoms with van der Waals surface area (Å²) in [5.41, 5.74) is 1.36. The predicted molar refractivity (Wildman–Crippen MR) is 78.5 cm³/mol. The summed E-state index contributed by atoms with van der Waals surface area (Å²) in [4.78, 5) is 13.1. The quantitative estimate of drug-likeness (QED) is 0.673. The molecule has 1 aromatic heterocycles. The second kappa shape index (κ2) is 6.24. The lowest BCUT2D eigenvalue weighted by atomic mass is 10.3. The van der Waals surface area contributed by atoms with Gasteiger partial charge in [0, 0.05) is 23.9 Å². The van der Waals surface area contributed by atoms with E-state index in [0.29, 0.717) is 5.56 Å². The molecule has 1 N–H and O–H groups in total. The predicted octanol–water partition coefficient (Wildman–Crippen LogP) is 2.95. The van der Waals surface area contributed by atoms with Gasteiger partial charge < -0.3 is 5.32 Å². The molecule has 0 radical (unpaired) electrons. The van der Waals surface area contributed by atoms with Gasteiger partial charge in [-0.15, -0.1) is 18.3 Å². The number of amides is 1. The molecule has 0 unspecified atom stereocenters. The van der Waals surface area contributed by atoms with Gasteiger partial charge in [0.2, 0.25) is 0 Å². The molecule has 0 aliphatic heterocycles. The van der Waals surface area contributed by atoms with Gasteiger partial charge in [-0.25, -0.2) is 0 Å². The van der Waals surface area contributed by atoms with E-state index in [0.717, 1.165) is 16.3 Å². The van der Waals surface area contributed by atoms with Crippen LogP contribution in [0.1, 0.15) is 10.4 Å². The fourth-order valence-corrected chi connectivity index (χ4v) is 2.32. The van der Waals surface area contributed by atoms with E-state index in [-0.39, 0.29) is 5.91 Å². The lowest BCUT2D eigenvalue weighted by Gasteiger charge is -2.09. The van der Waals surface area contributed by atoms with Gasteiger partial charge in [-0.05, 0) is 12.1 Å². The van der Waals surface area contributed by atoms with E-state index in [1.165, 1.54) is 0 Å². The van der Waals surface area contributed by atoms with E-state index in [1.54, 1.807) is 35.9 Å². The summed E-state index contributed by atoms with van der Waals surface area (Å²) in [6.45, 7) is 3.70. The van der Waals surface area contributed by atoms with Gasteiger partial charge in [-0.3, -0.25) is 9.48 Å². The van der Waals surface area contributed by atoms with Crippen LogP contribution in [0, 0.1) is 0 Å². The number of anilines is 1. The van der Waals surface area contributed by atoms with Gasteiger partial charge in [0.25, 0.3) is 5.91 Å². The smallest absolute Gasteiger partial charge is 0.258 e. The summed E-state index contributed by atoms with van der Waals surface area (Å²) < 4.78 is 1.60. The zero-order valence-corrected chi connectivity index (χ0v) is 11.5. The molecule has 0 aliphatic rings. The number of thioether (sulfide) groups is 1. The molecule has 0 aliphatic carbocycles. The second-order valence-corrected chi connectivity index (χ2v) is 5.01. The van der Waals surface area contributed by atoms with Crippen molar-refractivity contribution >= 4 is 23.4 Å². The molecule has 0 spiro atoms. The Morgan fingerprint density at radius 1 is 1.53 bits per heavy atom. The zero-order chi connectivity index (χ0) is 13.7. The topological polar surface area (TPSA) is 46.9 Å². The molecule has 2 aromatic rings. The van der Waals surface area contributed by atoms with Crippen LogP contribution in [0.15, 0.2) is 54.2 Å². The average molecular weight is 273 g/mol. The Bertz CT molecular complexity index is 592. The summed E-state index contributed by atoms with van der Waals surface area (Å²) >= 11 is 1.64. The molecule has 0 saturated carbocycles. The number of nitrogens with zero attached hydrogens (tertiary/aromatic N) is 2. The van der Waals surface area contributed by atoms with Crippen LogP contribution in [0.2, 0.25) is 0 Å². The monoisotopic (exact) mass is 273 g/mol. The fraction of sp³-hybridized carbons (Fsp3) is 0.143. The van der Waals surface area contributed by atoms with Crippen molar-refractivity contribution in [3.05, 3.63) is 54.9 Å². The van der Waals surface area contributed by atoms with Crippen molar-refractivity contribution in [3.8, 4) is 0 Å². The molecular formula is C14H15N3OS. The molecule has 2 rings (SSSR count). The summed E-state index contributed by atoms with van der Waals surface area (Å²) in [6.07, 6.45) is 5.08. The van der Waals surface area contributed by atoms with Crippen molar-refractivity contribution in [3.63, 3.8) is 0 Å². The Morgan fingerprint density at radius 2 is 2.32 bits per heavy atom. The SMILES string of the molecule is C=CCSc1ccccc1NC(=O)c1cnn(C)c1. The number of carbonyl (C=O) groups is 1. The van der Waals surface area contributed by atoms with Crippen LogP contribution in [0.25, 0.3) is 0 Å². The number of nitrogens with one attached hydrogen (secondary N) is 1. The molecule has 1 heterocycles. The minimum atomic E-state index is -0.153. The van der Waals surface area contributed by atoms with Gasteiger partial charge in [0.05, 0.1) is 17.4 Å². The number of carbonyl (C=O) groups excluding carboxylic acids is 1. The summed E-state index contributed by atoms with van der Waals surface area (Å²) in [5.74, 6) is 0.652. The van der Waals surface area contributed by atoms with E-state index in [9.17, 15) is 4.79 Å². The second-order valence-electron chi connectivity index (χ2n) is 3.95. The van der Waals surface area contributed by atoms with Crippen LogP contribution in [0.4, 0.5) is 5.69 Å². The van der Waals surface area contributed by atoms with Crippen LogP contribution in [0.5, 0.6) is 0 Å². The first-order chi connectivity index (χ1) is 9.20. The molecule has 5 heteroatoms. The number of aryl methyl sites for hydroxylation is 1. The van der Waals surface area contributed by atoms with Crippen LogP contribution in [-0.2, 0) is 7.05 Å². The number of para-hydroxylation sites is 1. The number of hydrogen-bond donors (Lipinski definition) is 1. The van der Waals surface area contributed by atoms with E-state index >= 15 is 0 Å². The number of hydrogen-bond acceptors (Lipinski definition) is 3. The number of rotatable bonds is 5. The molecule has 19 heavy (non-hydrogen) atoms. The number of benzene rings is 1. The third kappa shape index (κ3) is 3.48. The van der Waals surface area contributed by atoms with E-state index in [1.807, 2.05) is 30.3 Å². The van der Waals surface area contributed by atoms with Crippen LogP contribution in [-0.4, -0.2) is 21.4 Å². The van der Waals surface area contributed by atoms with Crippen LogP contribution >= 0.6 is 11.8 Å². The molecule has 1 amide bonds. The largest absolute Gasteiger partial charge is 0.321 e. The van der Waals surface area contributed by atoms with Gasteiger partial charge >= 0.3 is 0 Å². The zero-order valence-electron chi connectivity index (χ0n) is 10.7. The molecule has 0 bridgehead atoms. The Labute approximate surface area is 116 Å². The van der Waals surface area contributed by atoms with Crippen LogP contribution in [0.3, 0.4) is 0 Å². The lowest BCUT2D eigenvalue weighted by Crippen LogP contribution is -2.11. The first-order valence-corrected chi connectivity index (χ1v) is 6.82. The third-order valence-electron chi connectivity index (χ3n) is 2.46. The molecule has 0 atom stereocenters. The normalized spacial score (nSPS) is 10.2. The first-order valence-electron chi connectivity index (χ1n) is 5.83. The summed E-state index contributed by atoms with van der Waals surface area (Å²) in [5, 5.41) is 6.89. The highest BCUT2D eigenvalue weighted by molar-refractivity contribution is 7.99. The Balaban J connectivity index is 2.14. The van der Waals surface area contributed by atoms with Crippen molar-refractivity contribution in [2.24, 2.45) is 7.05 Å². The maximum Gasteiger partial charge on any atom is 0.258 e. The highest BCUT2D eigenvalue weighted by atomic mass is 32.2. The third-order valence-corrected chi connectivity index (χ3v) is 3.53. The molecule has 4 nitrogen and oxygen atoms in total. The highest BCUT2D eigenvalue weighted by Crippen LogP contribution is 2.27. The summed E-state index contributed by atoms with van der Waals surface area (Å²) in [6, 6.07) is 7.72. The maximum atomic E-state index is 12.1. The van der Waals surface area contributed by atoms with Crippen molar-refractivity contribution < 1.29 is 4.79 Å². The summed E-state index contributed by atoms with van der Waals surface area (Å²) in [7, 11) is 1.78. The molecule has 98 valence electrons. The van der Waals surface area contributed by atoms with Crippen molar-refractivity contribution in [2.45, 2.75) is 4.90 Å². The minimum Gasteiger partial charge on any atom is -0.321 e. The fourth-order valence-electron chi connectivity index (χ4n) is 1.58. The lowest BCUT2D eigenvalue weighted by molar-refractivity contribution is 0.102. The molecule has 1 aromatic carbocycles. The van der Waals surface area contributed by atoms with E-state index in [4.69, 9.17) is 0 Å². The highest BCUT2D eigenvalue weighted by Gasteiger charge is 2.10. The van der Waals surface area contributed by atoms with Crippen LogP contribution < -0.4 is 5.32 Å². The van der Waals surface area contributed by atoms with E-state index < -0.39 is 0 Å². The van der Waals surface area contributed by atoms with Crippen molar-refractivity contribution in [1.82, 2.24) is 9.78 Å². The van der Waals surface area contributed by atoms with E-state index in [2.05, 4.69) is 17.0 Å². The Morgan fingerprint density at radius 3 is 3.00 bits per heavy atom. The maximum absolute atomic E-state index is 12.1. The number of aromatic nitrogens is 2. The van der Waals surface area contributed by atoms with Crippen molar-refractivity contribution in [1.29, 1.82) is 0 Å². The average Bonchev–Trinajstić information content (AvgIpc) is 2.84. The standard InChI is InChI=1S/C14H15N3OS/c1-3-8-19-13-7-5-4-6-12(13)16-14(18)11-9-15-17(2)10-11/h3-7,9-10H,1,8H2,2H3,(H,16,18). The van der Waals surface area contributed by atoms with Gasteiger partial charge in [-0.2, -0.15) is 5.10 Å². The van der Waals surface area contributed by atoms with Crippen molar-refractivity contribution in [2.75, 3.05) is 11.1 Å². The molecule has 0 saturated heterocycles. The van der Waals surface area contributed by atoms with Gasteiger partial charge in [-0.1, -0.05) is 18.2 Å². The Kier molecular flexibility index (Phi) is 4.41. The van der Waals surface area contributed by atoms with Gasteiger partial charge in [0.1, 0.15) is 0 Å².